The van der Waals surface area contributed by atoms with Crippen LogP contribution >= 0.6 is 0 Å². The van der Waals surface area contributed by atoms with Crippen molar-refractivity contribution in [3.05, 3.63) is 68.8 Å². The SMILES string of the molecule is Cc1ccoc1C=Nn1c(=O)[nH]c2ccccc2c1=O. The van der Waals surface area contributed by atoms with E-state index in [0.29, 0.717) is 16.7 Å². The largest absolute Gasteiger partial charge is 0.463 e. The van der Waals surface area contributed by atoms with Gasteiger partial charge >= 0.3 is 5.69 Å². The van der Waals surface area contributed by atoms with E-state index in [4.69, 9.17) is 4.42 Å². The Kier molecular flexibility index (Phi) is 2.83. The van der Waals surface area contributed by atoms with Crippen LogP contribution in [0.3, 0.4) is 0 Å². The molecular formula is C14H11N3O3. The molecule has 6 heteroatoms. The number of furan rings is 1. The first-order valence-electron chi connectivity index (χ1n) is 5.99. The molecule has 0 atom stereocenters. The summed E-state index contributed by atoms with van der Waals surface area (Å²) >= 11 is 0. The molecule has 0 aliphatic heterocycles. The number of H-pyrrole nitrogens is 1. The quantitative estimate of drug-likeness (QED) is 0.715. The van der Waals surface area contributed by atoms with Crippen LogP contribution in [0.25, 0.3) is 10.9 Å². The molecule has 3 aromatic rings. The van der Waals surface area contributed by atoms with Gasteiger partial charge in [-0.05, 0) is 30.7 Å². The van der Waals surface area contributed by atoms with Crippen LogP contribution in [0.5, 0.6) is 0 Å². The van der Waals surface area contributed by atoms with Crippen LogP contribution in [0, 0.1) is 6.92 Å². The van der Waals surface area contributed by atoms with Gasteiger partial charge in [0, 0.05) is 0 Å². The molecule has 100 valence electrons. The summed E-state index contributed by atoms with van der Waals surface area (Å²) in [6, 6.07) is 8.56. The zero-order valence-electron chi connectivity index (χ0n) is 10.7. The molecule has 1 aromatic carbocycles. The van der Waals surface area contributed by atoms with E-state index in [9.17, 15) is 9.59 Å². The molecule has 0 saturated carbocycles. The third-order valence-electron chi connectivity index (χ3n) is 2.98. The van der Waals surface area contributed by atoms with Crippen molar-refractivity contribution < 1.29 is 4.42 Å². The molecule has 1 N–H and O–H groups in total. The Morgan fingerprint density at radius 1 is 1.25 bits per heavy atom. The average molecular weight is 269 g/mol. The van der Waals surface area contributed by atoms with Crippen LogP contribution in [0.15, 0.2) is 55.7 Å². The highest BCUT2D eigenvalue weighted by Crippen LogP contribution is 2.05. The molecule has 20 heavy (non-hydrogen) atoms. The maximum absolute atomic E-state index is 12.2. The lowest BCUT2D eigenvalue weighted by Gasteiger charge is -2.00. The van der Waals surface area contributed by atoms with Gasteiger partial charge in [0.2, 0.25) is 0 Å². The van der Waals surface area contributed by atoms with Crippen molar-refractivity contribution >= 4 is 17.1 Å². The first kappa shape index (κ1) is 12.2. The first-order chi connectivity index (χ1) is 9.66. The van der Waals surface area contributed by atoms with E-state index in [1.54, 1.807) is 30.3 Å². The predicted molar refractivity (Wildman–Crippen MR) is 75.3 cm³/mol. The molecule has 0 radical (unpaired) electrons. The van der Waals surface area contributed by atoms with Crippen LogP contribution in [0.1, 0.15) is 11.3 Å². The topological polar surface area (TPSA) is 80.4 Å². The zero-order valence-corrected chi connectivity index (χ0v) is 10.7. The molecular weight excluding hydrogens is 258 g/mol. The molecule has 2 aromatic heterocycles. The smallest absolute Gasteiger partial charge is 0.349 e. The van der Waals surface area contributed by atoms with Crippen molar-refractivity contribution in [2.75, 3.05) is 0 Å². The maximum atomic E-state index is 12.2. The lowest BCUT2D eigenvalue weighted by Crippen LogP contribution is -2.32. The van der Waals surface area contributed by atoms with Gasteiger partial charge in [-0.2, -0.15) is 5.10 Å². The zero-order chi connectivity index (χ0) is 14.1. The lowest BCUT2D eigenvalue weighted by molar-refractivity contribution is 0.557. The molecule has 3 rings (SSSR count). The summed E-state index contributed by atoms with van der Waals surface area (Å²) in [6.45, 7) is 1.85. The molecule has 0 spiro atoms. The summed E-state index contributed by atoms with van der Waals surface area (Å²) in [5, 5.41) is 4.30. The van der Waals surface area contributed by atoms with Crippen molar-refractivity contribution in [2.24, 2.45) is 5.10 Å². The van der Waals surface area contributed by atoms with E-state index in [2.05, 4.69) is 10.1 Å². The number of nitrogens with one attached hydrogen (secondary N) is 1. The van der Waals surface area contributed by atoms with E-state index in [-0.39, 0.29) is 0 Å². The highest BCUT2D eigenvalue weighted by molar-refractivity contribution is 5.79. The lowest BCUT2D eigenvalue weighted by atomic mass is 10.2. The second-order valence-electron chi connectivity index (χ2n) is 4.31. The fourth-order valence-corrected chi connectivity index (χ4v) is 1.88. The van der Waals surface area contributed by atoms with Crippen LogP contribution in [-0.2, 0) is 0 Å². The van der Waals surface area contributed by atoms with Crippen molar-refractivity contribution in [1.82, 2.24) is 9.66 Å². The summed E-state index contributed by atoms with van der Waals surface area (Å²) < 4.78 is 5.96. The number of hydrogen-bond donors (Lipinski definition) is 1. The van der Waals surface area contributed by atoms with Crippen molar-refractivity contribution in [2.45, 2.75) is 6.92 Å². The van der Waals surface area contributed by atoms with Crippen molar-refractivity contribution in [3.63, 3.8) is 0 Å². The summed E-state index contributed by atoms with van der Waals surface area (Å²) in [5.74, 6) is 0.504. The van der Waals surface area contributed by atoms with Gasteiger partial charge in [0.25, 0.3) is 5.56 Å². The minimum Gasteiger partial charge on any atom is -0.463 e. The molecule has 0 saturated heterocycles. The fourth-order valence-electron chi connectivity index (χ4n) is 1.88. The van der Waals surface area contributed by atoms with Crippen LogP contribution in [-0.4, -0.2) is 15.9 Å². The Balaban J connectivity index is 2.17. The molecule has 6 nitrogen and oxygen atoms in total. The summed E-state index contributed by atoms with van der Waals surface area (Å²) in [7, 11) is 0. The van der Waals surface area contributed by atoms with Crippen molar-refractivity contribution in [1.29, 1.82) is 0 Å². The fraction of sp³-hybridized carbons (Fsp3) is 0.0714. The molecule has 0 amide bonds. The monoisotopic (exact) mass is 269 g/mol. The second-order valence-corrected chi connectivity index (χ2v) is 4.31. The summed E-state index contributed by atoms with van der Waals surface area (Å²) in [5.41, 5.74) is 0.307. The molecule has 0 aliphatic carbocycles. The minimum atomic E-state index is -0.589. The second kappa shape index (κ2) is 4.65. The van der Waals surface area contributed by atoms with Gasteiger partial charge in [-0.15, -0.1) is 4.68 Å². The normalized spacial score (nSPS) is 11.4. The summed E-state index contributed by atoms with van der Waals surface area (Å²) in [4.78, 5) is 26.7. The third-order valence-corrected chi connectivity index (χ3v) is 2.98. The average Bonchev–Trinajstić information content (AvgIpc) is 2.84. The van der Waals surface area contributed by atoms with Gasteiger partial charge in [0.1, 0.15) is 5.76 Å². The van der Waals surface area contributed by atoms with Gasteiger partial charge in [-0.25, -0.2) is 4.79 Å². The molecule has 0 aliphatic rings. The van der Waals surface area contributed by atoms with Gasteiger partial charge in [0.05, 0.1) is 23.4 Å². The van der Waals surface area contributed by atoms with E-state index in [1.807, 2.05) is 6.92 Å². The molecule has 0 bridgehead atoms. The van der Waals surface area contributed by atoms with E-state index < -0.39 is 11.2 Å². The number of para-hydroxylation sites is 1. The van der Waals surface area contributed by atoms with Gasteiger partial charge < -0.3 is 9.40 Å². The third kappa shape index (κ3) is 1.97. The van der Waals surface area contributed by atoms with Crippen LogP contribution < -0.4 is 11.2 Å². The Labute approximate surface area is 113 Å². The minimum absolute atomic E-state index is 0.403. The van der Waals surface area contributed by atoms with Gasteiger partial charge in [-0.1, -0.05) is 12.1 Å². The maximum Gasteiger partial charge on any atom is 0.349 e. The van der Waals surface area contributed by atoms with Gasteiger partial charge in [0.15, 0.2) is 0 Å². The predicted octanol–water partition coefficient (Wildman–Crippen LogP) is 1.47. The number of nitrogens with zero attached hydrogens (tertiary/aromatic N) is 2. The van der Waals surface area contributed by atoms with Crippen molar-refractivity contribution in [3.8, 4) is 0 Å². The molecule has 0 fully saturated rings. The van der Waals surface area contributed by atoms with E-state index in [1.165, 1.54) is 12.5 Å². The number of aromatic nitrogens is 2. The van der Waals surface area contributed by atoms with Crippen LogP contribution in [0.2, 0.25) is 0 Å². The van der Waals surface area contributed by atoms with E-state index >= 15 is 0 Å². The number of benzene rings is 1. The number of aryl methyl sites for hydroxylation is 1. The highest BCUT2D eigenvalue weighted by Gasteiger charge is 2.06. The van der Waals surface area contributed by atoms with Crippen LogP contribution in [0.4, 0.5) is 0 Å². The Morgan fingerprint density at radius 2 is 2.05 bits per heavy atom. The Hall–Kier alpha value is -2.89. The number of fused-ring (bicyclic) bond motifs is 1. The number of aromatic amines is 1. The Morgan fingerprint density at radius 3 is 2.80 bits per heavy atom. The summed E-state index contributed by atoms with van der Waals surface area (Å²) in [6.07, 6.45) is 2.87. The molecule has 2 heterocycles. The molecule has 0 unspecified atom stereocenters. The number of hydrogen-bond acceptors (Lipinski definition) is 4. The number of rotatable bonds is 2. The van der Waals surface area contributed by atoms with Gasteiger partial charge in [-0.3, -0.25) is 4.79 Å². The highest BCUT2D eigenvalue weighted by atomic mass is 16.3. The standard InChI is InChI=1S/C14H11N3O3/c1-9-6-7-20-12(9)8-15-17-13(18)10-4-2-3-5-11(10)16-14(17)19/h2-8H,1H3,(H,16,19). The Bertz CT molecular complexity index is 915. The first-order valence-corrected chi connectivity index (χ1v) is 5.99. The van der Waals surface area contributed by atoms with E-state index in [0.717, 1.165) is 10.2 Å².